The number of nitrogens with zero attached hydrogens (tertiary/aromatic N) is 3. The molecule has 4 rings (SSSR count). The maximum atomic E-state index is 13.0. The molecule has 0 aliphatic carbocycles. The quantitative estimate of drug-likeness (QED) is 0.647. The van der Waals surface area contributed by atoms with E-state index in [-0.39, 0.29) is 11.8 Å². The number of piperidine rings is 1. The van der Waals surface area contributed by atoms with E-state index < -0.39 is 0 Å². The molecule has 0 atom stereocenters. The molecule has 30 heavy (non-hydrogen) atoms. The zero-order valence-corrected chi connectivity index (χ0v) is 18.2. The number of fused-ring (bicyclic) bond motifs is 1. The summed E-state index contributed by atoms with van der Waals surface area (Å²) in [5.41, 5.74) is 2.17. The summed E-state index contributed by atoms with van der Waals surface area (Å²) in [5, 5.41) is 6.63. The van der Waals surface area contributed by atoms with Crippen LogP contribution in [0, 0.1) is 12.8 Å². The van der Waals surface area contributed by atoms with Crippen molar-refractivity contribution in [2.45, 2.75) is 33.6 Å². The molecule has 2 N–H and O–H groups in total. The van der Waals surface area contributed by atoms with Gasteiger partial charge in [-0.2, -0.15) is 0 Å². The third-order valence-corrected chi connectivity index (χ3v) is 6.64. The number of carbonyl (C=O) groups excluding carboxylic acids is 2. The van der Waals surface area contributed by atoms with Crippen molar-refractivity contribution in [3.05, 3.63) is 41.0 Å². The number of rotatable bonds is 4. The van der Waals surface area contributed by atoms with Crippen molar-refractivity contribution in [3.8, 4) is 0 Å². The molecule has 1 aromatic carbocycles. The minimum Gasteiger partial charge on any atom is -0.356 e. The summed E-state index contributed by atoms with van der Waals surface area (Å²) in [4.78, 5) is 37.0. The van der Waals surface area contributed by atoms with Crippen LogP contribution in [0.5, 0.6) is 0 Å². The molecule has 8 heteroatoms. The van der Waals surface area contributed by atoms with Gasteiger partial charge in [0.1, 0.15) is 17.0 Å². The molecule has 0 bridgehead atoms. The van der Waals surface area contributed by atoms with Crippen LogP contribution in [-0.4, -0.2) is 34.9 Å². The van der Waals surface area contributed by atoms with Crippen LogP contribution in [0.15, 0.2) is 30.6 Å². The second-order valence-corrected chi connectivity index (χ2v) is 8.82. The summed E-state index contributed by atoms with van der Waals surface area (Å²) in [5.74, 6) is 1.31. The van der Waals surface area contributed by atoms with Gasteiger partial charge < -0.3 is 15.5 Å². The summed E-state index contributed by atoms with van der Waals surface area (Å²) in [7, 11) is 0. The second kappa shape index (κ2) is 8.39. The van der Waals surface area contributed by atoms with Crippen molar-refractivity contribution in [1.82, 2.24) is 9.97 Å². The zero-order valence-electron chi connectivity index (χ0n) is 17.4. The van der Waals surface area contributed by atoms with Gasteiger partial charge in [-0.3, -0.25) is 9.59 Å². The standard InChI is InChI=1S/C22H25N5O2S/c1-13-7-9-27(10-8-13)20-18-14(2)19(30-22(18)24-12-23-20)21(29)26-17-6-4-5-16(11-17)25-15(3)28/h4-6,11-13H,7-10H2,1-3H3,(H,25,28)(H,26,29). The molecule has 1 aliphatic heterocycles. The van der Waals surface area contributed by atoms with Crippen molar-refractivity contribution in [3.63, 3.8) is 0 Å². The molecule has 156 valence electrons. The average molecular weight is 424 g/mol. The largest absolute Gasteiger partial charge is 0.356 e. The zero-order chi connectivity index (χ0) is 21.3. The molecule has 1 saturated heterocycles. The van der Waals surface area contributed by atoms with E-state index in [9.17, 15) is 9.59 Å². The van der Waals surface area contributed by atoms with E-state index in [1.165, 1.54) is 18.3 Å². The van der Waals surface area contributed by atoms with Gasteiger partial charge in [-0.05, 0) is 49.4 Å². The molecule has 7 nitrogen and oxygen atoms in total. The molecule has 0 saturated carbocycles. The lowest BCUT2D eigenvalue weighted by atomic mass is 9.99. The van der Waals surface area contributed by atoms with Crippen molar-refractivity contribution in [2.75, 3.05) is 28.6 Å². The van der Waals surface area contributed by atoms with Gasteiger partial charge in [-0.1, -0.05) is 13.0 Å². The van der Waals surface area contributed by atoms with Gasteiger partial charge in [-0.15, -0.1) is 11.3 Å². The van der Waals surface area contributed by atoms with Crippen LogP contribution in [0.4, 0.5) is 17.2 Å². The number of anilines is 3. The van der Waals surface area contributed by atoms with Crippen LogP contribution in [0.2, 0.25) is 0 Å². The Hall–Kier alpha value is -3.00. The first-order chi connectivity index (χ1) is 14.4. The lowest BCUT2D eigenvalue weighted by Gasteiger charge is -2.31. The first-order valence-corrected chi connectivity index (χ1v) is 10.9. The average Bonchev–Trinajstić information content (AvgIpc) is 3.05. The number of nitrogens with one attached hydrogen (secondary N) is 2. The number of hydrogen-bond acceptors (Lipinski definition) is 6. The third-order valence-electron chi connectivity index (χ3n) is 5.44. The molecule has 2 aromatic heterocycles. The molecular weight excluding hydrogens is 398 g/mol. The van der Waals surface area contributed by atoms with E-state index >= 15 is 0 Å². The predicted octanol–water partition coefficient (Wildman–Crippen LogP) is 4.45. The van der Waals surface area contributed by atoms with Crippen LogP contribution >= 0.6 is 11.3 Å². The fourth-order valence-electron chi connectivity index (χ4n) is 3.80. The minimum atomic E-state index is -0.186. The third kappa shape index (κ3) is 4.14. The van der Waals surface area contributed by atoms with Crippen molar-refractivity contribution >= 4 is 50.6 Å². The number of thiophene rings is 1. The number of hydrogen-bond donors (Lipinski definition) is 2. The Labute approximate surface area is 179 Å². The van der Waals surface area contributed by atoms with Crippen LogP contribution in [0.25, 0.3) is 10.2 Å². The first-order valence-electron chi connectivity index (χ1n) is 10.1. The Bertz CT molecular complexity index is 1100. The topological polar surface area (TPSA) is 87.2 Å². The normalized spacial score (nSPS) is 14.7. The van der Waals surface area contributed by atoms with Crippen LogP contribution < -0.4 is 15.5 Å². The Balaban J connectivity index is 1.62. The van der Waals surface area contributed by atoms with Crippen molar-refractivity contribution in [2.24, 2.45) is 5.92 Å². The van der Waals surface area contributed by atoms with E-state index in [2.05, 4.69) is 32.4 Å². The summed E-state index contributed by atoms with van der Waals surface area (Å²) in [6.45, 7) is 7.64. The van der Waals surface area contributed by atoms with Crippen LogP contribution in [0.1, 0.15) is 41.9 Å². The maximum Gasteiger partial charge on any atom is 0.266 e. The Kier molecular flexibility index (Phi) is 5.67. The number of carbonyl (C=O) groups is 2. The van der Waals surface area contributed by atoms with Crippen LogP contribution in [0.3, 0.4) is 0 Å². The lowest BCUT2D eigenvalue weighted by molar-refractivity contribution is -0.114. The highest BCUT2D eigenvalue weighted by atomic mass is 32.1. The Morgan fingerprint density at radius 3 is 2.53 bits per heavy atom. The maximum absolute atomic E-state index is 13.0. The molecule has 0 radical (unpaired) electrons. The highest BCUT2D eigenvalue weighted by Crippen LogP contribution is 2.36. The fraction of sp³-hybridized carbons (Fsp3) is 0.364. The van der Waals surface area contributed by atoms with Gasteiger partial charge in [0.05, 0.1) is 10.3 Å². The monoisotopic (exact) mass is 423 g/mol. The van der Waals surface area contributed by atoms with Crippen molar-refractivity contribution < 1.29 is 9.59 Å². The van der Waals surface area contributed by atoms with E-state index in [1.54, 1.807) is 30.6 Å². The summed E-state index contributed by atoms with van der Waals surface area (Å²) >= 11 is 1.39. The van der Waals surface area contributed by atoms with Gasteiger partial charge in [0.2, 0.25) is 5.91 Å². The van der Waals surface area contributed by atoms with E-state index in [0.29, 0.717) is 16.3 Å². The predicted molar refractivity (Wildman–Crippen MR) is 121 cm³/mol. The number of benzene rings is 1. The molecule has 0 unspecified atom stereocenters. The highest BCUT2D eigenvalue weighted by molar-refractivity contribution is 7.20. The molecule has 3 heterocycles. The van der Waals surface area contributed by atoms with E-state index in [0.717, 1.165) is 53.4 Å². The lowest BCUT2D eigenvalue weighted by Crippen LogP contribution is -2.33. The summed E-state index contributed by atoms with van der Waals surface area (Å²) < 4.78 is 0. The van der Waals surface area contributed by atoms with Crippen LogP contribution in [-0.2, 0) is 4.79 Å². The number of aromatic nitrogens is 2. The first kappa shape index (κ1) is 20.3. The van der Waals surface area contributed by atoms with Gasteiger partial charge in [-0.25, -0.2) is 9.97 Å². The smallest absolute Gasteiger partial charge is 0.266 e. The Morgan fingerprint density at radius 1 is 1.13 bits per heavy atom. The van der Waals surface area contributed by atoms with Gasteiger partial charge in [0.25, 0.3) is 5.91 Å². The highest BCUT2D eigenvalue weighted by Gasteiger charge is 2.24. The van der Waals surface area contributed by atoms with Gasteiger partial charge in [0.15, 0.2) is 0 Å². The Morgan fingerprint density at radius 2 is 1.83 bits per heavy atom. The number of amides is 2. The molecule has 2 amide bonds. The second-order valence-electron chi connectivity index (χ2n) is 7.82. The van der Waals surface area contributed by atoms with E-state index in [4.69, 9.17) is 0 Å². The SMILES string of the molecule is CC(=O)Nc1cccc(NC(=O)c2sc3ncnc(N4CCC(C)CC4)c3c2C)c1. The van der Waals surface area contributed by atoms with Gasteiger partial charge in [0, 0.05) is 31.4 Å². The molecule has 1 fully saturated rings. The fourth-order valence-corrected chi connectivity index (χ4v) is 4.83. The molecular formula is C22H25N5O2S. The molecule has 1 aliphatic rings. The summed E-state index contributed by atoms with van der Waals surface area (Å²) in [6, 6.07) is 7.11. The minimum absolute atomic E-state index is 0.156. The van der Waals surface area contributed by atoms with Crippen molar-refractivity contribution in [1.29, 1.82) is 0 Å². The van der Waals surface area contributed by atoms with Gasteiger partial charge >= 0.3 is 0 Å². The molecule has 0 spiro atoms. The number of aryl methyl sites for hydroxylation is 1. The summed E-state index contributed by atoms with van der Waals surface area (Å²) in [6.07, 6.45) is 3.88. The molecule has 3 aromatic rings. The van der Waals surface area contributed by atoms with E-state index in [1.807, 2.05) is 6.92 Å².